The van der Waals surface area contributed by atoms with Crippen molar-refractivity contribution < 1.29 is 24.2 Å². The summed E-state index contributed by atoms with van der Waals surface area (Å²) < 4.78 is 5.31. The number of hydrogen-bond donors (Lipinski definition) is 2. The van der Waals surface area contributed by atoms with Gasteiger partial charge in [0.15, 0.2) is 0 Å². The fourth-order valence-corrected chi connectivity index (χ4v) is 5.29. The average Bonchev–Trinajstić information content (AvgIpc) is 3.05. The van der Waals surface area contributed by atoms with Gasteiger partial charge in [-0.3, -0.25) is 9.59 Å². The Morgan fingerprint density at radius 2 is 1.77 bits per heavy atom. The topological polar surface area (TPSA) is 92.7 Å². The Morgan fingerprint density at radius 1 is 1.10 bits per heavy atom. The summed E-state index contributed by atoms with van der Waals surface area (Å²) in [6.07, 6.45) is 2.66. The standard InChI is InChI=1S/C24H29NO5S/c1-5-30-24(29)20-19(16-11-10-13(2)14(3)12-16)15(4)31-22(20)25-21(26)17-8-6-7-9-18(17)23(27)28/h10-12,17-18H,5-9H2,1-4H3,(H,25,26)(H,27,28)/t17-,18-/m0/s1. The van der Waals surface area contributed by atoms with Crippen LogP contribution < -0.4 is 5.32 Å². The van der Waals surface area contributed by atoms with Crippen LogP contribution in [0.4, 0.5) is 5.00 Å². The molecule has 0 spiro atoms. The molecule has 2 atom stereocenters. The molecule has 1 heterocycles. The van der Waals surface area contributed by atoms with Gasteiger partial charge in [-0.2, -0.15) is 0 Å². The van der Waals surface area contributed by atoms with Crippen molar-refractivity contribution in [2.24, 2.45) is 11.8 Å². The van der Waals surface area contributed by atoms with Gasteiger partial charge >= 0.3 is 11.9 Å². The van der Waals surface area contributed by atoms with Crippen LogP contribution in [0.1, 0.15) is 59.0 Å². The van der Waals surface area contributed by atoms with Crippen LogP contribution >= 0.6 is 11.3 Å². The summed E-state index contributed by atoms with van der Waals surface area (Å²) in [6.45, 7) is 7.92. The zero-order valence-corrected chi connectivity index (χ0v) is 19.2. The van der Waals surface area contributed by atoms with Crippen LogP contribution in [0.3, 0.4) is 0 Å². The summed E-state index contributed by atoms with van der Waals surface area (Å²) >= 11 is 1.32. The number of carbonyl (C=O) groups excluding carboxylic acids is 2. The van der Waals surface area contributed by atoms with E-state index in [1.807, 2.05) is 39.0 Å². The second-order valence-corrected chi connectivity index (χ2v) is 9.31. The smallest absolute Gasteiger partial charge is 0.341 e. The Hall–Kier alpha value is -2.67. The summed E-state index contributed by atoms with van der Waals surface area (Å²) in [5.41, 5.74) is 4.24. The highest BCUT2D eigenvalue weighted by molar-refractivity contribution is 7.17. The van der Waals surface area contributed by atoms with E-state index in [0.29, 0.717) is 23.4 Å². The first-order valence-electron chi connectivity index (χ1n) is 10.7. The first kappa shape index (κ1) is 23.0. The third-order valence-corrected chi connectivity index (χ3v) is 7.04. The minimum absolute atomic E-state index is 0.219. The number of esters is 1. The summed E-state index contributed by atoms with van der Waals surface area (Å²) in [5, 5.41) is 12.8. The van der Waals surface area contributed by atoms with Crippen molar-refractivity contribution in [2.75, 3.05) is 11.9 Å². The molecule has 0 saturated heterocycles. The molecule has 0 unspecified atom stereocenters. The molecule has 1 fully saturated rings. The highest BCUT2D eigenvalue weighted by atomic mass is 32.1. The quantitative estimate of drug-likeness (QED) is 0.587. The predicted octanol–water partition coefficient (Wildman–Crippen LogP) is 5.35. The lowest BCUT2D eigenvalue weighted by molar-refractivity contribution is -0.147. The molecule has 2 aromatic rings. The molecule has 1 aromatic carbocycles. The van der Waals surface area contributed by atoms with Crippen LogP contribution in [0.5, 0.6) is 0 Å². The second kappa shape index (κ2) is 9.64. The first-order valence-corrected chi connectivity index (χ1v) is 11.5. The normalized spacial score (nSPS) is 18.5. The monoisotopic (exact) mass is 443 g/mol. The fourth-order valence-electron chi connectivity index (χ4n) is 4.22. The van der Waals surface area contributed by atoms with Gasteiger partial charge in [-0.15, -0.1) is 11.3 Å². The molecule has 6 nitrogen and oxygen atoms in total. The zero-order valence-electron chi connectivity index (χ0n) is 18.4. The Morgan fingerprint density at radius 3 is 2.39 bits per heavy atom. The molecule has 166 valence electrons. The fraction of sp³-hybridized carbons (Fsp3) is 0.458. The summed E-state index contributed by atoms with van der Waals surface area (Å²) in [4.78, 5) is 38.5. The Balaban J connectivity index is 2.02. The third kappa shape index (κ3) is 4.82. The van der Waals surface area contributed by atoms with Gasteiger partial charge < -0.3 is 15.2 Å². The molecule has 2 N–H and O–H groups in total. The largest absolute Gasteiger partial charge is 0.481 e. The SMILES string of the molecule is CCOC(=O)c1c(NC(=O)[C@H]2CCCC[C@@H]2C(=O)O)sc(C)c1-c1ccc(C)c(C)c1. The number of benzene rings is 1. The van der Waals surface area contributed by atoms with Gasteiger partial charge in [-0.25, -0.2) is 4.79 Å². The van der Waals surface area contributed by atoms with E-state index in [-0.39, 0.29) is 12.5 Å². The molecule has 7 heteroatoms. The van der Waals surface area contributed by atoms with Crippen molar-refractivity contribution >= 4 is 34.2 Å². The van der Waals surface area contributed by atoms with Crippen molar-refractivity contribution in [2.45, 2.75) is 53.4 Å². The van der Waals surface area contributed by atoms with Gasteiger partial charge in [0.05, 0.1) is 18.4 Å². The van der Waals surface area contributed by atoms with Crippen molar-refractivity contribution in [1.29, 1.82) is 0 Å². The molecule has 1 amide bonds. The molecule has 1 aromatic heterocycles. The maximum absolute atomic E-state index is 13.1. The number of thiophene rings is 1. The van der Waals surface area contributed by atoms with Crippen LogP contribution in [0, 0.1) is 32.6 Å². The lowest BCUT2D eigenvalue weighted by Crippen LogP contribution is -2.36. The summed E-state index contributed by atoms with van der Waals surface area (Å²) in [6, 6.07) is 6.00. The number of carbonyl (C=O) groups is 3. The van der Waals surface area contributed by atoms with E-state index in [4.69, 9.17) is 4.74 Å². The van der Waals surface area contributed by atoms with Gasteiger partial charge in [0, 0.05) is 10.4 Å². The lowest BCUT2D eigenvalue weighted by Gasteiger charge is -2.27. The van der Waals surface area contributed by atoms with E-state index in [2.05, 4.69) is 5.32 Å². The van der Waals surface area contributed by atoms with Crippen LogP contribution in [0.15, 0.2) is 18.2 Å². The number of ether oxygens (including phenoxy) is 1. The van der Waals surface area contributed by atoms with Crippen molar-refractivity contribution in [3.8, 4) is 11.1 Å². The van der Waals surface area contributed by atoms with E-state index in [1.54, 1.807) is 6.92 Å². The van der Waals surface area contributed by atoms with Crippen LogP contribution in [-0.4, -0.2) is 29.6 Å². The third-order valence-electron chi connectivity index (χ3n) is 6.02. The number of aliphatic carboxylic acids is 1. The minimum Gasteiger partial charge on any atom is -0.481 e. The highest BCUT2D eigenvalue weighted by Gasteiger charge is 2.37. The Kier molecular flexibility index (Phi) is 7.15. The number of hydrogen-bond acceptors (Lipinski definition) is 5. The molecule has 0 bridgehead atoms. The van der Waals surface area contributed by atoms with Crippen molar-refractivity contribution in [3.05, 3.63) is 39.8 Å². The van der Waals surface area contributed by atoms with Crippen molar-refractivity contribution in [3.63, 3.8) is 0 Å². The van der Waals surface area contributed by atoms with Gasteiger partial charge in [0.1, 0.15) is 10.6 Å². The molecule has 0 aliphatic heterocycles. The number of anilines is 1. The minimum atomic E-state index is -0.941. The van der Waals surface area contributed by atoms with Gasteiger partial charge in [-0.05, 0) is 57.2 Å². The number of amides is 1. The van der Waals surface area contributed by atoms with E-state index in [9.17, 15) is 19.5 Å². The average molecular weight is 444 g/mol. The van der Waals surface area contributed by atoms with Crippen LogP contribution in [0.2, 0.25) is 0 Å². The van der Waals surface area contributed by atoms with E-state index < -0.39 is 23.8 Å². The lowest BCUT2D eigenvalue weighted by atomic mass is 9.78. The van der Waals surface area contributed by atoms with Gasteiger partial charge in [-0.1, -0.05) is 31.0 Å². The Labute approximate surface area is 186 Å². The van der Waals surface area contributed by atoms with Gasteiger partial charge in [0.2, 0.25) is 5.91 Å². The molecule has 3 rings (SSSR count). The van der Waals surface area contributed by atoms with E-state index in [0.717, 1.165) is 40.0 Å². The first-order chi connectivity index (χ1) is 14.7. The number of nitrogens with one attached hydrogen (secondary N) is 1. The van der Waals surface area contributed by atoms with E-state index in [1.165, 1.54) is 11.3 Å². The van der Waals surface area contributed by atoms with Crippen LogP contribution in [0.25, 0.3) is 11.1 Å². The molecular formula is C24H29NO5S. The number of carboxylic acid groups (broad SMARTS) is 1. The highest BCUT2D eigenvalue weighted by Crippen LogP contribution is 2.42. The van der Waals surface area contributed by atoms with Crippen molar-refractivity contribution in [1.82, 2.24) is 0 Å². The summed E-state index contributed by atoms with van der Waals surface area (Å²) in [7, 11) is 0. The zero-order chi connectivity index (χ0) is 22.7. The predicted molar refractivity (Wildman–Crippen MR) is 122 cm³/mol. The number of rotatable bonds is 6. The second-order valence-electron chi connectivity index (χ2n) is 8.08. The molecule has 1 aliphatic carbocycles. The Bertz CT molecular complexity index is 1010. The molecule has 1 saturated carbocycles. The maximum atomic E-state index is 13.1. The molecule has 1 aliphatic rings. The maximum Gasteiger partial charge on any atom is 0.341 e. The van der Waals surface area contributed by atoms with Crippen LogP contribution in [-0.2, 0) is 14.3 Å². The number of aryl methyl sites for hydroxylation is 3. The van der Waals surface area contributed by atoms with E-state index >= 15 is 0 Å². The summed E-state index contributed by atoms with van der Waals surface area (Å²) in [5.74, 6) is -3.07. The number of carboxylic acids is 1. The molecule has 0 radical (unpaired) electrons. The van der Waals surface area contributed by atoms with Gasteiger partial charge in [0.25, 0.3) is 0 Å². The molecule has 31 heavy (non-hydrogen) atoms. The molecular weight excluding hydrogens is 414 g/mol.